The fourth-order valence-electron chi connectivity index (χ4n) is 3.73. The van der Waals surface area contributed by atoms with Crippen molar-refractivity contribution in [3.05, 3.63) is 40.9 Å². The van der Waals surface area contributed by atoms with E-state index >= 15 is 0 Å². The second-order valence-corrected chi connectivity index (χ2v) is 6.78. The van der Waals surface area contributed by atoms with Gasteiger partial charge in [0.05, 0.1) is 17.2 Å². The Hall–Kier alpha value is -2.21. The van der Waals surface area contributed by atoms with Gasteiger partial charge in [0.15, 0.2) is 0 Å². The number of hydrogen-bond acceptors (Lipinski definition) is 4. The number of benzene rings is 1. The van der Waals surface area contributed by atoms with E-state index < -0.39 is 0 Å². The van der Waals surface area contributed by atoms with Crippen molar-refractivity contribution in [2.24, 2.45) is 5.92 Å². The lowest BCUT2D eigenvalue weighted by Crippen LogP contribution is -2.44. The minimum Gasteiger partial charge on any atom is -0.396 e. The van der Waals surface area contributed by atoms with Gasteiger partial charge in [0.25, 0.3) is 5.56 Å². The first-order chi connectivity index (χ1) is 12.2. The molecular formula is C19H25N3O3. The maximum Gasteiger partial charge on any atom is 0.261 e. The van der Waals surface area contributed by atoms with Crippen LogP contribution in [0.5, 0.6) is 0 Å². The van der Waals surface area contributed by atoms with Gasteiger partial charge in [0, 0.05) is 12.6 Å². The Balaban J connectivity index is 1.70. The van der Waals surface area contributed by atoms with Gasteiger partial charge in [-0.3, -0.25) is 14.2 Å². The maximum atomic E-state index is 12.5. The quantitative estimate of drug-likeness (QED) is 0.838. The average molecular weight is 343 g/mol. The molecule has 2 N–H and O–H groups in total. The highest BCUT2D eigenvalue weighted by Crippen LogP contribution is 2.27. The van der Waals surface area contributed by atoms with Gasteiger partial charge in [0.2, 0.25) is 5.91 Å². The second kappa shape index (κ2) is 8.25. The van der Waals surface area contributed by atoms with Crippen LogP contribution in [-0.2, 0) is 11.3 Å². The molecule has 2 aromatic rings. The van der Waals surface area contributed by atoms with Crippen molar-refractivity contribution in [3.63, 3.8) is 0 Å². The third-order valence-electron chi connectivity index (χ3n) is 5.05. The molecule has 1 amide bonds. The molecule has 1 fully saturated rings. The summed E-state index contributed by atoms with van der Waals surface area (Å²) in [5, 5.41) is 12.9. The van der Waals surface area contributed by atoms with Gasteiger partial charge in [-0.2, -0.15) is 0 Å². The zero-order chi connectivity index (χ0) is 17.6. The molecule has 6 nitrogen and oxygen atoms in total. The number of para-hydroxylation sites is 1. The average Bonchev–Trinajstić information content (AvgIpc) is 2.65. The first kappa shape index (κ1) is 17.6. The largest absolute Gasteiger partial charge is 0.396 e. The van der Waals surface area contributed by atoms with Crippen LogP contribution in [0, 0.1) is 5.92 Å². The zero-order valence-corrected chi connectivity index (χ0v) is 14.4. The van der Waals surface area contributed by atoms with Gasteiger partial charge < -0.3 is 10.4 Å². The van der Waals surface area contributed by atoms with Crippen LogP contribution in [0.1, 0.15) is 38.5 Å². The number of aromatic nitrogens is 2. The number of carbonyl (C=O) groups excluding carboxylic acids is 1. The van der Waals surface area contributed by atoms with E-state index in [2.05, 4.69) is 10.3 Å². The van der Waals surface area contributed by atoms with E-state index in [1.165, 1.54) is 30.2 Å². The number of rotatable bonds is 6. The maximum absolute atomic E-state index is 12.5. The number of nitrogens with zero attached hydrogens (tertiary/aromatic N) is 2. The standard InChI is InChI=1S/C19H25N3O3/c23-11-10-16(14-6-2-1-3-7-14)21-18(24)12-22-13-20-17-9-5-4-8-15(17)19(22)25/h4-5,8-9,13-14,16,23H,1-3,6-7,10-12H2,(H,21,24). The van der Waals surface area contributed by atoms with Gasteiger partial charge >= 0.3 is 0 Å². The van der Waals surface area contributed by atoms with E-state index in [1.54, 1.807) is 18.2 Å². The number of aliphatic hydroxyl groups excluding tert-OH is 1. The lowest BCUT2D eigenvalue weighted by atomic mass is 9.82. The molecule has 25 heavy (non-hydrogen) atoms. The molecule has 0 aliphatic heterocycles. The zero-order valence-electron chi connectivity index (χ0n) is 14.4. The van der Waals surface area contributed by atoms with Crippen molar-refractivity contribution in [2.75, 3.05) is 6.61 Å². The van der Waals surface area contributed by atoms with Crippen LogP contribution in [0.25, 0.3) is 10.9 Å². The SMILES string of the molecule is O=C(Cn1cnc2ccccc2c1=O)NC(CCO)C1CCCCC1. The van der Waals surface area contributed by atoms with E-state index in [0.717, 1.165) is 12.8 Å². The molecule has 1 aromatic carbocycles. The molecule has 1 aliphatic carbocycles. The summed E-state index contributed by atoms with van der Waals surface area (Å²) >= 11 is 0. The summed E-state index contributed by atoms with van der Waals surface area (Å²) in [5.41, 5.74) is 0.418. The third kappa shape index (κ3) is 4.25. The molecule has 1 atom stereocenters. The van der Waals surface area contributed by atoms with Crippen LogP contribution in [0.2, 0.25) is 0 Å². The van der Waals surface area contributed by atoms with Gasteiger partial charge in [-0.25, -0.2) is 4.98 Å². The van der Waals surface area contributed by atoms with E-state index in [9.17, 15) is 14.7 Å². The van der Waals surface area contributed by atoms with Gasteiger partial charge in [-0.15, -0.1) is 0 Å². The summed E-state index contributed by atoms with van der Waals surface area (Å²) in [4.78, 5) is 29.2. The molecule has 3 rings (SSSR count). The normalized spacial score (nSPS) is 16.7. The number of fused-ring (bicyclic) bond motifs is 1. The Kier molecular flexibility index (Phi) is 5.81. The molecule has 0 bridgehead atoms. The highest BCUT2D eigenvalue weighted by atomic mass is 16.3. The van der Waals surface area contributed by atoms with Crippen LogP contribution in [0.3, 0.4) is 0 Å². The topological polar surface area (TPSA) is 84.2 Å². The number of nitrogens with one attached hydrogen (secondary N) is 1. The number of amides is 1. The first-order valence-electron chi connectivity index (χ1n) is 9.03. The Morgan fingerprint density at radius 2 is 2.04 bits per heavy atom. The Labute approximate surface area is 146 Å². The predicted octanol–water partition coefficient (Wildman–Crippen LogP) is 1.84. The van der Waals surface area contributed by atoms with Crippen molar-refractivity contribution >= 4 is 16.8 Å². The molecule has 0 saturated heterocycles. The molecule has 134 valence electrons. The third-order valence-corrected chi connectivity index (χ3v) is 5.05. The summed E-state index contributed by atoms with van der Waals surface area (Å²) in [6.45, 7) is 0.00421. The molecule has 6 heteroatoms. The van der Waals surface area contributed by atoms with Crippen LogP contribution in [0.4, 0.5) is 0 Å². The van der Waals surface area contributed by atoms with E-state index in [-0.39, 0.29) is 30.7 Å². The fourth-order valence-corrected chi connectivity index (χ4v) is 3.73. The lowest BCUT2D eigenvalue weighted by molar-refractivity contribution is -0.123. The Morgan fingerprint density at radius 3 is 2.80 bits per heavy atom. The summed E-state index contributed by atoms with van der Waals surface area (Å²) in [6.07, 6.45) is 7.75. The summed E-state index contributed by atoms with van der Waals surface area (Å²) in [6, 6.07) is 7.09. The van der Waals surface area contributed by atoms with E-state index in [1.807, 2.05) is 6.07 Å². The molecule has 0 radical (unpaired) electrons. The van der Waals surface area contributed by atoms with Crippen molar-refractivity contribution < 1.29 is 9.90 Å². The van der Waals surface area contributed by atoms with E-state index in [4.69, 9.17) is 0 Å². The molecular weight excluding hydrogens is 318 g/mol. The second-order valence-electron chi connectivity index (χ2n) is 6.78. The van der Waals surface area contributed by atoms with Crippen LogP contribution < -0.4 is 10.9 Å². The predicted molar refractivity (Wildman–Crippen MR) is 96.2 cm³/mol. The van der Waals surface area contributed by atoms with Crippen molar-refractivity contribution in [2.45, 2.75) is 51.1 Å². The summed E-state index contributed by atoms with van der Waals surface area (Å²) in [5.74, 6) is 0.208. The summed E-state index contributed by atoms with van der Waals surface area (Å²) < 4.78 is 1.34. The van der Waals surface area contributed by atoms with Gasteiger partial charge in [-0.05, 0) is 37.3 Å². The van der Waals surface area contributed by atoms with Gasteiger partial charge in [-0.1, -0.05) is 31.4 Å². The van der Waals surface area contributed by atoms with Crippen LogP contribution in [0.15, 0.2) is 35.4 Å². The van der Waals surface area contributed by atoms with Gasteiger partial charge in [0.1, 0.15) is 6.54 Å². The summed E-state index contributed by atoms with van der Waals surface area (Å²) in [7, 11) is 0. The molecule has 0 spiro atoms. The first-order valence-corrected chi connectivity index (χ1v) is 9.03. The van der Waals surface area contributed by atoms with Crippen LogP contribution >= 0.6 is 0 Å². The van der Waals surface area contributed by atoms with Crippen molar-refractivity contribution in [3.8, 4) is 0 Å². The molecule has 1 heterocycles. The molecule has 1 aliphatic rings. The highest BCUT2D eigenvalue weighted by Gasteiger charge is 2.24. The number of aliphatic hydroxyl groups is 1. The van der Waals surface area contributed by atoms with E-state index in [0.29, 0.717) is 23.2 Å². The molecule has 1 saturated carbocycles. The minimum absolute atomic E-state index is 0.0260. The van der Waals surface area contributed by atoms with Crippen molar-refractivity contribution in [1.82, 2.24) is 14.9 Å². The Morgan fingerprint density at radius 1 is 1.28 bits per heavy atom. The lowest BCUT2D eigenvalue weighted by Gasteiger charge is -2.30. The smallest absolute Gasteiger partial charge is 0.261 e. The van der Waals surface area contributed by atoms with Crippen molar-refractivity contribution in [1.29, 1.82) is 0 Å². The van der Waals surface area contributed by atoms with Crippen LogP contribution in [-0.4, -0.2) is 33.2 Å². The molecule has 1 aromatic heterocycles. The Bertz CT molecular complexity index is 781. The monoisotopic (exact) mass is 343 g/mol. The molecule has 1 unspecified atom stereocenters. The highest BCUT2D eigenvalue weighted by molar-refractivity contribution is 5.79. The minimum atomic E-state index is -0.211. The fraction of sp³-hybridized carbons (Fsp3) is 0.526. The number of carbonyl (C=O) groups is 1. The number of hydrogen-bond donors (Lipinski definition) is 2.